The lowest BCUT2D eigenvalue weighted by Gasteiger charge is -1.96. The summed E-state index contributed by atoms with van der Waals surface area (Å²) in [7, 11) is 0. The molecule has 4 rings (SSSR count). The molecule has 0 radical (unpaired) electrons. The van der Waals surface area contributed by atoms with E-state index in [1.807, 2.05) is 45.3 Å². The molecular weight excluding hydrogens is 344 g/mol. The molecule has 4 heterocycles. The van der Waals surface area contributed by atoms with Gasteiger partial charge in [0, 0.05) is 40.4 Å². The van der Waals surface area contributed by atoms with Gasteiger partial charge in [-0.25, -0.2) is 0 Å². The fraction of sp³-hybridized carbons (Fsp3) is 0.222. The lowest BCUT2D eigenvalue weighted by Crippen LogP contribution is -1.69. The molecule has 0 aromatic carbocycles. The topological polar surface area (TPSA) is 0 Å². The molecule has 0 amide bonds. The van der Waals surface area contributed by atoms with Crippen molar-refractivity contribution in [3.05, 3.63) is 43.8 Å². The molecule has 0 aliphatic heterocycles. The van der Waals surface area contributed by atoms with Crippen molar-refractivity contribution < 1.29 is 0 Å². The first-order chi connectivity index (χ1) is 10.5. The first-order valence-corrected chi connectivity index (χ1v) is 10.5. The summed E-state index contributed by atoms with van der Waals surface area (Å²) in [6, 6.07) is 9.01. The van der Waals surface area contributed by atoms with Crippen LogP contribution in [-0.2, 0) is 0 Å². The summed E-state index contributed by atoms with van der Waals surface area (Å²) in [5.74, 6) is 0. The molecule has 112 valence electrons. The van der Waals surface area contributed by atoms with Crippen LogP contribution in [0.2, 0.25) is 0 Å². The van der Waals surface area contributed by atoms with Gasteiger partial charge >= 0.3 is 0 Å². The molecule has 0 saturated heterocycles. The highest BCUT2D eigenvalue weighted by Gasteiger charge is 2.21. The summed E-state index contributed by atoms with van der Waals surface area (Å²) < 4.78 is 2.95. The van der Waals surface area contributed by atoms with Crippen molar-refractivity contribution >= 4 is 54.7 Å². The van der Waals surface area contributed by atoms with Crippen LogP contribution in [0, 0.1) is 27.7 Å². The van der Waals surface area contributed by atoms with Crippen molar-refractivity contribution in [1.29, 1.82) is 0 Å². The SMILES string of the molecule is Cc1ccc(-c2c(C)sc3c(-c4ccc(C)s4)c(C)sc23)s1. The maximum atomic E-state index is 2.28. The highest BCUT2D eigenvalue weighted by atomic mass is 32.1. The van der Waals surface area contributed by atoms with Crippen molar-refractivity contribution in [1.82, 2.24) is 0 Å². The molecule has 0 nitrogen and oxygen atoms in total. The monoisotopic (exact) mass is 360 g/mol. The zero-order valence-corrected chi connectivity index (χ0v) is 16.2. The van der Waals surface area contributed by atoms with Crippen molar-refractivity contribution in [3.8, 4) is 20.9 Å². The Morgan fingerprint density at radius 1 is 0.545 bits per heavy atom. The van der Waals surface area contributed by atoms with Crippen molar-refractivity contribution in [2.24, 2.45) is 0 Å². The molecule has 0 fully saturated rings. The second-order valence-electron chi connectivity index (χ2n) is 5.55. The number of hydrogen-bond acceptors (Lipinski definition) is 4. The number of hydrogen-bond donors (Lipinski definition) is 0. The van der Waals surface area contributed by atoms with Gasteiger partial charge in [0.1, 0.15) is 0 Å². The van der Waals surface area contributed by atoms with Gasteiger partial charge in [0.15, 0.2) is 0 Å². The van der Waals surface area contributed by atoms with Gasteiger partial charge in [0.2, 0.25) is 0 Å². The van der Waals surface area contributed by atoms with Gasteiger partial charge < -0.3 is 0 Å². The number of thiophene rings is 4. The third-order valence-corrected chi connectivity index (χ3v) is 8.26. The summed E-state index contributed by atoms with van der Waals surface area (Å²) in [4.78, 5) is 8.48. The van der Waals surface area contributed by atoms with Crippen molar-refractivity contribution in [2.75, 3.05) is 0 Å². The molecule has 22 heavy (non-hydrogen) atoms. The Morgan fingerprint density at radius 2 is 0.955 bits per heavy atom. The molecule has 0 aliphatic rings. The quantitative estimate of drug-likeness (QED) is 0.344. The molecule has 4 aromatic heterocycles. The van der Waals surface area contributed by atoms with E-state index in [1.165, 1.54) is 49.8 Å². The Labute approximate surface area is 146 Å². The summed E-state index contributed by atoms with van der Waals surface area (Å²) in [5, 5.41) is 0. The summed E-state index contributed by atoms with van der Waals surface area (Å²) in [6.07, 6.45) is 0. The molecular formula is C18H16S4. The molecule has 4 heteroatoms. The number of rotatable bonds is 2. The molecule has 0 spiro atoms. The Hall–Kier alpha value is -0.940. The Morgan fingerprint density at radius 3 is 1.27 bits per heavy atom. The Bertz CT molecular complexity index is 894. The van der Waals surface area contributed by atoms with Crippen molar-refractivity contribution in [3.63, 3.8) is 0 Å². The summed E-state index contributed by atoms with van der Waals surface area (Å²) >= 11 is 7.73. The van der Waals surface area contributed by atoms with Gasteiger partial charge in [0.05, 0.1) is 9.40 Å². The van der Waals surface area contributed by atoms with Crippen LogP contribution in [0.15, 0.2) is 24.3 Å². The third-order valence-electron chi connectivity index (χ3n) is 3.85. The second kappa shape index (κ2) is 5.31. The van der Waals surface area contributed by atoms with Crippen LogP contribution in [0.3, 0.4) is 0 Å². The van der Waals surface area contributed by atoms with Gasteiger partial charge in [-0.05, 0) is 52.0 Å². The Balaban J connectivity index is 2.00. The fourth-order valence-corrected chi connectivity index (χ4v) is 7.81. The summed E-state index contributed by atoms with van der Waals surface area (Å²) in [5.41, 5.74) is 2.93. The second-order valence-corrected chi connectivity index (χ2v) is 10.6. The van der Waals surface area contributed by atoms with E-state index in [0.717, 1.165) is 0 Å². The van der Waals surface area contributed by atoms with Crippen LogP contribution in [0.1, 0.15) is 19.5 Å². The average molecular weight is 361 g/mol. The zero-order chi connectivity index (χ0) is 15.4. The highest BCUT2D eigenvalue weighted by molar-refractivity contribution is 7.31. The predicted molar refractivity (Wildman–Crippen MR) is 105 cm³/mol. The zero-order valence-electron chi connectivity index (χ0n) is 12.9. The predicted octanol–water partition coefficient (Wildman–Crippen LogP) is 7.65. The van der Waals surface area contributed by atoms with Gasteiger partial charge in [-0.2, -0.15) is 0 Å². The first-order valence-electron chi connectivity index (χ1n) is 7.20. The minimum absolute atomic E-state index is 1.39. The lowest BCUT2D eigenvalue weighted by molar-refractivity contribution is 1.63. The molecule has 0 atom stereocenters. The van der Waals surface area contributed by atoms with Crippen molar-refractivity contribution in [2.45, 2.75) is 27.7 Å². The maximum absolute atomic E-state index is 2.28. The van der Waals surface area contributed by atoms with Crippen LogP contribution in [0.5, 0.6) is 0 Å². The van der Waals surface area contributed by atoms with Crippen LogP contribution < -0.4 is 0 Å². The third kappa shape index (κ3) is 2.21. The standard InChI is InChI=1S/C18H16S4/c1-9-5-7-13(19-9)15-11(3)21-18-16(12(4)22-17(15)18)14-8-6-10(2)20-14/h5-8H,1-4H3. The first kappa shape index (κ1) is 14.6. The minimum atomic E-state index is 1.39. The van der Waals surface area contributed by atoms with Crippen LogP contribution >= 0.6 is 45.3 Å². The van der Waals surface area contributed by atoms with E-state index in [2.05, 4.69) is 52.0 Å². The normalized spacial score (nSPS) is 11.6. The van der Waals surface area contributed by atoms with Crippen LogP contribution in [0.25, 0.3) is 30.3 Å². The molecule has 4 aromatic rings. The minimum Gasteiger partial charge on any atom is -0.141 e. The van der Waals surface area contributed by atoms with Gasteiger partial charge in [-0.3, -0.25) is 0 Å². The molecule has 0 saturated carbocycles. The van der Waals surface area contributed by atoms with E-state index in [4.69, 9.17) is 0 Å². The molecule has 0 aliphatic carbocycles. The van der Waals surface area contributed by atoms with Gasteiger partial charge in [0.25, 0.3) is 0 Å². The van der Waals surface area contributed by atoms with E-state index in [0.29, 0.717) is 0 Å². The van der Waals surface area contributed by atoms with E-state index >= 15 is 0 Å². The average Bonchev–Trinajstić information content (AvgIpc) is 3.16. The van der Waals surface area contributed by atoms with Crippen LogP contribution in [-0.4, -0.2) is 0 Å². The lowest BCUT2D eigenvalue weighted by atomic mass is 10.1. The largest absolute Gasteiger partial charge is 0.141 e. The summed E-state index contributed by atoms with van der Waals surface area (Å²) in [6.45, 7) is 8.90. The molecule has 0 unspecified atom stereocenters. The molecule has 0 N–H and O–H groups in total. The maximum Gasteiger partial charge on any atom is 0.0549 e. The van der Waals surface area contributed by atoms with Gasteiger partial charge in [-0.15, -0.1) is 45.3 Å². The van der Waals surface area contributed by atoms with E-state index in [1.54, 1.807) is 0 Å². The Kier molecular flexibility index (Phi) is 3.53. The van der Waals surface area contributed by atoms with E-state index < -0.39 is 0 Å². The number of aryl methyl sites for hydroxylation is 4. The molecule has 0 bridgehead atoms. The fourth-order valence-electron chi connectivity index (χ4n) is 2.86. The number of fused-ring (bicyclic) bond motifs is 1. The smallest absolute Gasteiger partial charge is 0.0549 e. The van der Waals surface area contributed by atoms with E-state index in [-0.39, 0.29) is 0 Å². The van der Waals surface area contributed by atoms with E-state index in [9.17, 15) is 0 Å². The highest BCUT2D eigenvalue weighted by Crippen LogP contribution is 2.50. The van der Waals surface area contributed by atoms with Gasteiger partial charge in [-0.1, -0.05) is 0 Å². The van der Waals surface area contributed by atoms with Crippen LogP contribution in [0.4, 0.5) is 0 Å².